The molecule has 11 heteroatoms. The first kappa shape index (κ1) is 28.5. The zero-order valence-electron chi connectivity index (χ0n) is 21.9. The van der Waals surface area contributed by atoms with Gasteiger partial charge in [0.1, 0.15) is 5.82 Å². The predicted octanol–water partition coefficient (Wildman–Crippen LogP) is 4.58. The molecule has 0 spiro atoms. The number of hydrogen-bond donors (Lipinski definition) is 4. The van der Waals surface area contributed by atoms with Crippen molar-refractivity contribution in [1.82, 2.24) is 19.8 Å². The van der Waals surface area contributed by atoms with Crippen LogP contribution in [0.4, 0.5) is 23.1 Å². The number of nitrogens with one attached hydrogen (secondary N) is 3. The maximum atomic E-state index is 12.7. The minimum Gasteiger partial charge on any atom is -0.380 e. The first-order chi connectivity index (χ1) is 17.4. The molecular formula is C26H36N6O4S. The summed E-state index contributed by atoms with van der Waals surface area (Å²) in [5.41, 5.74) is 2.54. The van der Waals surface area contributed by atoms with Crippen molar-refractivity contribution in [3.8, 4) is 0 Å². The highest BCUT2D eigenvalue weighted by Crippen LogP contribution is 2.24. The Morgan fingerprint density at radius 2 is 1.78 bits per heavy atom. The van der Waals surface area contributed by atoms with Crippen LogP contribution in [0.5, 0.6) is 0 Å². The zero-order valence-corrected chi connectivity index (χ0v) is 22.8. The first-order valence-corrected chi connectivity index (χ1v) is 13.6. The summed E-state index contributed by atoms with van der Waals surface area (Å²) in [6, 6.07) is 14.2. The van der Waals surface area contributed by atoms with E-state index in [1.165, 1.54) is 5.06 Å². The van der Waals surface area contributed by atoms with Gasteiger partial charge < -0.3 is 20.6 Å². The van der Waals surface area contributed by atoms with Crippen LogP contribution in [0.2, 0.25) is 0 Å². The highest BCUT2D eigenvalue weighted by atomic mass is 32.2. The van der Waals surface area contributed by atoms with Gasteiger partial charge in [0.15, 0.2) is 0 Å². The van der Waals surface area contributed by atoms with Gasteiger partial charge in [-0.1, -0.05) is 18.2 Å². The normalized spacial score (nSPS) is 12.1. The predicted molar refractivity (Wildman–Crippen MR) is 145 cm³/mol. The summed E-state index contributed by atoms with van der Waals surface area (Å²) >= 11 is 0. The lowest BCUT2D eigenvalue weighted by Gasteiger charge is -2.20. The molecule has 0 aliphatic heterocycles. The Morgan fingerprint density at radius 3 is 2.46 bits per heavy atom. The molecule has 0 radical (unpaired) electrons. The summed E-state index contributed by atoms with van der Waals surface area (Å²) in [6.45, 7) is 11.1. The van der Waals surface area contributed by atoms with Gasteiger partial charge in [-0.25, -0.2) is 18.1 Å². The standard InChI is InChI=1S/C26H36N6O4S/c1-6-36-15-14-32(33)18-20-10-12-21(13-11-20)29-25-27-17-19(2)24(30-25)28-22-8-7-9-23(16-22)37(34,35)31-26(3,4)5/h7-13,16-17,31,33H,6,14-15,18H2,1-5H3,(H2,27,28,29,30). The Morgan fingerprint density at radius 1 is 1.05 bits per heavy atom. The van der Waals surface area contributed by atoms with Gasteiger partial charge >= 0.3 is 0 Å². The molecule has 0 aliphatic carbocycles. The van der Waals surface area contributed by atoms with Crippen LogP contribution in [0.25, 0.3) is 0 Å². The minimum atomic E-state index is -3.67. The van der Waals surface area contributed by atoms with E-state index in [1.807, 2.05) is 38.1 Å². The van der Waals surface area contributed by atoms with Gasteiger partial charge in [0.25, 0.3) is 0 Å². The molecule has 0 saturated carbocycles. The largest absolute Gasteiger partial charge is 0.380 e. The third-order valence-electron chi connectivity index (χ3n) is 5.09. The summed E-state index contributed by atoms with van der Waals surface area (Å²) in [4.78, 5) is 9.09. The molecule has 0 saturated heterocycles. The summed E-state index contributed by atoms with van der Waals surface area (Å²) in [5, 5.41) is 17.6. The molecular weight excluding hydrogens is 492 g/mol. The van der Waals surface area contributed by atoms with Crippen molar-refractivity contribution in [2.75, 3.05) is 30.4 Å². The molecule has 37 heavy (non-hydrogen) atoms. The van der Waals surface area contributed by atoms with E-state index in [9.17, 15) is 13.6 Å². The quantitative estimate of drug-likeness (QED) is 0.197. The number of anilines is 4. The Bertz CT molecular complexity index is 1280. The number of sulfonamides is 1. The van der Waals surface area contributed by atoms with Crippen LogP contribution >= 0.6 is 0 Å². The van der Waals surface area contributed by atoms with E-state index in [-0.39, 0.29) is 4.90 Å². The van der Waals surface area contributed by atoms with E-state index < -0.39 is 15.6 Å². The van der Waals surface area contributed by atoms with E-state index in [2.05, 4.69) is 25.3 Å². The lowest BCUT2D eigenvalue weighted by atomic mass is 10.1. The second-order valence-electron chi connectivity index (χ2n) is 9.64. The Hall–Kier alpha value is -3.09. The van der Waals surface area contributed by atoms with Crippen molar-refractivity contribution in [2.45, 2.75) is 51.6 Å². The molecule has 0 fully saturated rings. The molecule has 200 valence electrons. The fourth-order valence-electron chi connectivity index (χ4n) is 3.40. The second kappa shape index (κ2) is 12.4. The lowest BCUT2D eigenvalue weighted by molar-refractivity contribution is -0.111. The molecule has 0 amide bonds. The number of benzene rings is 2. The van der Waals surface area contributed by atoms with Crippen LogP contribution in [-0.2, 0) is 21.3 Å². The van der Waals surface area contributed by atoms with Gasteiger partial charge in [0.05, 0.1) is 11.5 Å². The van der Waals surface area contributed by atoms with E-state index in [0.29, 0.717) is 43.8 Å². The number of hydrogen-bond acceptors (Lipinski definition) is 9. The van der Waals surface area contributed by atoms with Crippen molar-refractivity contribution < 1.29 is 18.4 Å². The van der Waals surface area contributed by atoms with Crippen LogP contribution < -0.4 is 15.4 Å². The highest BCUT2D eigenvalue weighted by molar-refractivity contribution is 7.89. The molecule has 0 unspecified atom stereocenters. The van der Waals surface area contributed by atoms with Gasteiger partial charge in [-0.2, -0.15) is 10.0 Å². The van der Waals surface area contributed by atoms with Crippen molar-refractivity contribution >= 4 is 33.2 Å². The number of rotatable bonds is 12. The van der Waals surface area contributed by atoms with Crippen molar-refractivity contribution in [1.29, 1.82) is 0 Å². The van der Waals surface area contributed by atoms with Crippen LogP contribution in [0.15, 0.2) is 59.6 Å². The fourth-order valence-corrected chi connectivity index (χ4v) is 4.86. The second-order valence-corrected chi connectivity index (χ2v) is 11.3. The molecule has 10 nitrogen and oxygen atoms in total. The average Bonchev–Trinajstić information content (AvgIpc) is 2.81. The third kappa shape index (κ3) is 9.06. The Balaban J connectivity index is 1.68. The summed E-state index contributed by atoms with van der Waals surface area (Å²) in [6.07, 6.45) is 1.69. The monoisotopic (exact) mass is 528 g/mol. The van der Waals surface area contributed by atoms with Gasteiger partial charge in [0, 0.05) is 48.4 Å². The lowest BCUT2D eigenvalue weighted by Crippen LogP contribution is -2.40. The summed E-state index contributed by atoms with van der Waals surface area (Å²) in [7, 11) is -3.67. The third-order valence-corrected chi connectivity index (χ3v) is 6.85. The zero-order chi connectivity index (χ0) is 27.1. The Labute approximate surface area is 219 Å². The van der Waals surface area contributed by atoms with Crippen LogP contribution in [-0.4, -0.2) is 54.0 Å². The summed E-state index contributed by atoms with van der Waals surface area (Å²) in [5.74, 6) is 0.942. The molecule has 1 heterocycles. The van der Waals surface area contributed by atoms with Crippen molar-refractivity contribution in [2.24, 2.45) is 0 Å². The average molecular weight is 529 g/mol. The SMILES string of the molecule is CCOCCN(O)Cc1ccc(Nc2ncc(C)c(Nc3cccc(S(=O)(=O)NC(C)(C)C)c3)n2)cc1. The molecule has 0 atom stereocenters. The van der Waals surface area contributed by atoms with E-state index >= 15 is 0 Å². The van der Waals surface area contributed by atoms with Gasteiger partial charge in [-0.15, -0.1) is 0 Å². The molecule has 1 aromatic heterocycles. The van der Waals surface area contributed by atoms with Gasteiger partial charge in [-0.05, 0) is 70.5 Å². The maximum absolute atomic E-state index is 12.7. The van der Waals surface area contributed by atoms with Crippen LogP contribution in [0.1, 0.15) is 38.8 Å². The van der Waals surface area contributed by atoms with Crippen molar-refractivity contribution in [3.63, 3.8) is 0 Å². The first-order valence-electron chi connectivity index (χ1n) is 12.1. The Kier molecular flexibility index (Phi) is 9.57. The topological polar surface area (TPSA) is 129 Å². The van der Waals surface area contributed by atoms with Crippen LogP contribution in [0, 0.1) is 6.92 Å². The van der Waals surface area contributed by atoms with Crippen molar-refractivity contribution in [3.05, 3.63) is 65.9 Å². The number of aryl methyl sites for hydroxylation is 1. The molecule has 0 aliphatic rings. The highest BCUT2D eigenvalue weighted by Gasteiger charge is 2.22. The van der Waals surface area contributed by atoms with Gasteiger partial charge in [-0.3, -0.25) is 0 Å². The van der Waals surface area contributed by atoms with Gasteiger partial charge in [0.2, 0.25) is 16.0 Å². The number of nitrogens with zero attached hydrogens (tertiary/aromatic N) is 3. The van der Waals surface area contributed by atoms with E-state index in [1.54, 1.807) is 51.2 Å². The summed E-state index contributed by atoms with van der Waals surface area (Å²) < 4.78 is 33.4. The molecule has 4 N–H and O–H groups in total. The van der Waals surface area contributed by atoms with E-state index in [0.717, 1.165) is 16.8 Å². The number of aromatic nitrogens is 2. The van der Waals surface area contributed by atoms with Crippen LogP contribution in [0.3, 0.4) is 0 Å². The molecule has 3 aromatic rings. The molecule has 3 rings (SSSR count). The molecule has 2 aromatic carbocycles. The van der Waals surface area contributed by atoms with E-state index in [4.69, 9.17) is 4.74 Å². The number of hydroxylamine groups is 2. The smallest absolute Gasteiger partial charge is 0.241 e. The fraction of sp³-hybridized carbons (Fsp3) is 0.385. The minimum absolute atomic E-state index is 0.164. The maximum Gasteiger partial charge on any atom is 0.241 e. The number of ether oxygens (including phenoxy) is 1. The molecule has 0 bridgehead atoms.